The summed E-state index contributed by atoms with van der Waals surface area (Å²) in [6.45, 7) is 8.05. The lowest BCUT2D eigenvalue weighted by atomic mass is 10.1. The third-order valence-electron chi connectivity index (χ3n) is 5.33. The van der Waals surface area contributed by atoms with Crippen LogP contribution in [0.2, 0.25) is 0 Å². The Morgan fingerprint density at radius 2 is 2.17 bits per heavy atom. The number of anilines is 2. The predicted molar refractivity (Wildman–Crippen MR) is 121 cm³/mol. The molecule has 156 valence electrons. The van der Waals surface area contributed by atoms with Crippen molar-refractivity contribution >= 4 is 17.3 Å². The number of nitrogens with zero attached hydrogens (tertiary/aromatic N) is 4. The second kappa shape index (κ2) is 8.57. The summed E-state index contributed by atoms with van der Waals surface area (Å²) in [4.78, 5) is 13.8. The maximum absolute atomic E-state index is 13.7. The third kappa shape index (κ3) is 4.15. The van der Waals surface area contributed by atoms with Gasteiger partial charge in [0.25, 0.3) is 0 Å². The number of aromatic nitrogens is 1. The molecular weight excluding hydrogens is 379 g/mol. The molecule has 6 nitrogen and oxygen atoms in total. The van der Waals surface area contributed by atoms with E-state index in [4.69, 9.17) is 4.98 Å². The van der Waals surface area contributed by atoms with Gasteiger partial charge in [-0.3, -0.25) is 0 Å². The first kappa shape index (κ1) is 19.9. The zero-order chi connectivity index (χ0) is 21.1. The molecule has 2 aliphatic heterocycles. The average molecular weight is 407 g/mol. The van der Waals surface area contributed by atoms with Gasteiger partial charge in [0.2, 0.25) is 0 Å². The van der Waals surface area contributed by atoms with Crippen molar-refractivity contribution in [2.45, 2.75) is 25.9 Å². The molecule has 1 aromatic carbocycles. The summed E-state index contributed by atoms with van der Waals surface area (Å²) < 4.78 is 13.7. The number of hydrogen-bond donors (Lipinski definition) is 2. The van der Waals surface area contributed by atoms with Crippen LogP contribution in [0.5, 0.6) is 0 Å². The highest BCUT2D eigenvalue weighted by atomic mass is 19.1. The molecule has 1 unspecified atom stereocenters. The number of hydrogen-bond acceptors (Lipinski definition) is 6. The molecule has 2 N–H and O–H groups in total. The molecule has 3 heterocycles. The zero-order valence-electron chi connectivity index (χ0n) is 17.4. The van der Waals surface area contributed by atoms with Crippen molar-refractivity contribution in [3.63, 3.8) is 0 Å². The summed E-state index contributed by atoms with van der Waals surface area (Å²) in [5, 5.41) is 6.55. The van der Waals surface area contributed by atoms with Gasteiger partial charge in [-0.1, -0.05) is 25.6 Å². The molecule has 2 aliphatic rings. The molecule has 0 saturated heterocycles. The Kier molecular flexibility index (Phi) is 5.70. The van der Waals surface area contributed by atoms with E-state index in [0.29, 0.717) is 0 Å². The van der Waals surface area contributed by atoms with Gasteiger partial charge in [0.1, 0.15) is 23.6 Å². The molecule has 2 aromatic rings. The molecule has 0 spiro atoms. The predicted octanol–water partition coefficient (Wildman–Crippen LogP) is 3.85. The monoisotopic (exact) mass is 406 g/mol. The Labute approximate surface area is 176 Å². The van der Waals surface area contributed by atoms with Crippen molar-refractivity contribution in [2.24, 2.45) is 4.99 Å². The largest absolute Gasteiger partial charge is 0.372 e. The molecular formula is C23H27FN6. The first-order chi connectivity index (χ1) is 14.5. The lowest BCUT2D eigenvalue weighted by Gasteiger charge is -2.28. The summed E-state index contributed by atoms with van der Waals surface area (Å²) in [5.74, 6) is 2.02. The molecule has 7 heteroatoms. The van der Waals surface area contributed by atoms with Crippen LogP contribution >= 0.6 is 0 Å². The maximum atomic E-state index is 13.7. The zero-order valence-corrected chi connectivity index (χ0v) is 17.4. The fourth-order valence-electron chi connectivity index (χ4n) is 3.69. The normalized spacial score (nSPS) is 18.2. The van der Waals surface area contributed by atoms with Crippen LogP contribution in [0.1, 0.15) is 19.8 Å². The Bertz CT molecular complexity index is 999. The van der Waals surface area contributed by atoms with E-state index < -0.39 is 0 Å². The summed E-state index contributed by atoms with van der Waals surface area (Å²) in [7, 11) is 2.06. The lowest BCUT2D eigenvalue weighted by molar-refractivity contribution is 0.586. The number of nitrogens with one attached hydrogen (secondary N) is 2. The Morgan fingerprint density at radius 1 is 1.30 bits per heavy atom. The Morgan fingerprint density at radius 3 is 2.97 bits per heavy atom. The van der Waals surface area contributed by atoms with Gasteiger partial charge in [0.15, 0.2) is 5.82 Å². The van der Waals surface area contributed by atoms with Gasteiger partial charge in [0.05, 0.1) is 11.4 Å². The molecule has 30 heavy (non-hydrogen) atoms. The van der Waals surface area contributed by atoms with E-state index in [-0.39, 0.29) is 12.0 Å². The smallest absolute Gasteiger partial charge is 0.158 e. The van der Waals surface area contributed by atoms with Crippen LogP contribution in [-0.4, -0.2) is 37.1 Å². The van der Waals surface area contributed by atoms with Crippen molar-refractivity contribution in [2.75, 3.05) is 29.9 Å². The fourth-order valence-corrected chi connectivity index (χ4v) is 3.69. The lowest BCUT2D eigenvalue weighted by Crippen LogP contribution is -2.38. The van der Waals surface area contributed by atoms with Crippen molar-refractivity contribution in [3.05, 3.63) is 66.9 Å². The summed E-state index contributed by atoms with van der Waals surface area (Å²) in [6, 6.07) is 10.5. The maximum Gasteiger partial charge on any atom is 0.158 e. The van der Waals surface area contributed by atoms with Gasteiger partial charge >= 0.3 is 0 Å². The highest BCUT2D eigenvalue weighted by molar-refractivity contribution is 5.95. The van der Waals surface area contributed by atoms with Gasteiger partial charge in [-0.15, -0.1) is 0 Å². The quantitative estimate of drug-likeness (QED) is 0.808. The number of pyridine rings is 1. The number of halogens is 1. The highest BCUT2D eigenvalue weighted by Crippen LogP contribution is 2.34. The minimum Gasteiger partial charge on any atom is -0.372 e. The molecule has 4 rings (SSSR count). The topological polar surface area (TPSA) is 55.8 Å². The molecule has 1 atom stereocenters. The van der Waals surface area contributed by atoms with E-state index in [1.54, 1.807) is 6.07 Å². The van der Waals surface area contributed by atoms with Crippen molar-refractivity contribution < 1.29 is 4.39 Å². The van der Waals surface area contributed by atoms with Crippen LogP contribution in [0.4, 0.5) is 15.9 Å². The second-order valence-electron chi connectivity index (χ2n) is 7.49. The fraction of sp³-hybridized carbons (Fsp3) is 0.304. The molecule has 0 amide bonds. The van der Waals surface area contributed by atoms with Crippen molar-refractivity contribution in [1.82, 2.24) is 15.6 Å². The van der Waals surface area contributed by atoms with E-state index in [0.717, 1.165) is 60.4 Å². The highest BCUT2D eigenvalue weighted by Gasteiger charge is 2.23. The second-order valence-corrected chi connectivity index (χ2v) is 7.49. The van der Waals surface area contributed by atoms with E-state index in [1.165, 1.54) is 12.1 Å². The van der Waals surface area contributed by atoms with Crippen LogP contribution in [0.15, 0.2) is 66.1 Å². The Balaban J connectivity index is 1.67. The van der Waals surface area contributed by atoms with E-state index in [1.807, 2.05) is 30.5 Å². The average Bonchev–Trinajstić information content (AvgIpc) is 2.92. The number of amidine groups is 1. The van der Waals surface area contributed by atoms with Crippen LogP contribution in [-0.2, 0) is 0 Å². The standard InChI is InChI=1S/C23H27FN6/c1-4-21-25-12-11-22(28-21)26-16(2)30-14-6-13-29(3)20-10-9-19(27-23(20)30)17-7-5-8-18(24)15-17/h5,7-12,15,21,25H,2,4,6,13-14H2,1,3H3,(H,26,28). The molecule has 0 fully saturated rings. The number of benzene rings is 1. The van der Waals surface area contributed by atoms with Gasteiger partial charge in [-0.25, -0.2) is 14.4 Å². The van der Waals surface area contributed by atoms with Crippen LogP contribution < -0.4 is 20.4 Å². The molecule has 0 radical (unpaired) electrons. The van der Waals surface area contributed by atoms with Crippen LogP contribution in [0, 0.1) is 5.82 Å². The van der Waals surface area contributed by atoms with Gasteiger partial charge in [0, 0.05) is 31.9 Å². The first-order valence-corrected chi connectivity index (χ1v) is 10.3. The number of rotatable bonds is 4. The third-order valence-corrected chi connectivity index (χ3v) is 5.33. The summed E-state index contributed by atoms with van der Waals surface area (Å²) in [5.41, 5.74) is 2.50. The minimum atomic E-state index is -0.273. The van der Waals surface area contributed by atoms with Crippen molar-refractivity contribution in [1.29, 1.82) is 0 Å². The number of fused-ring (bicyclic) bond motifs is 1. The first-order valence-electron chi connectivity index (χ1n) is 10.3. The Hall–Kier alpha value is -3.35. The van der Waals surface area contributed by atoms with E-state index in [9.17, 15) is 4.39 Å². The van der Waals surface area contributed by atoms with Gasteiger partial charge in [-0.2, -0.15) is 0 Å². The van der Waals surface area contributed by atoms with Gasteiger partial charge in [-0.05, 0) is 43.2 Å². The number of aliphatic imine (C=N–C) groups is 1. The van der Waals surface area contributed by atoms with Crippen molar-refractivity contribution in [3.8, 4) is 11.3 Å². The summed E-state index contributed by atoms with van der Waals surface area (Å²) in [6.07, 6.45) is 5.73. The molecule has 0 aliphatic carbocycles. The SMILES string of the molecule is C=C(NC1=NC(CC)NC=C1)N1CCCN(C)c2ccc(-c3cccc(F)c3)nc21. The van der Waals surface area contributed by atoms with Crippen LogP contribution in [0.25, 0.3) is 11.3 Å². The van der Waals surface area contributed by atoms with E-state index >= 15 is 0 Å². The molecule has 1 aromatic heterocycles. The minimum absolute atomic E-state index is 0.0607. The van der Waals surface area contributed by atoms with E-state index in [2.05, 4.69) is 46.0 Å². The molecule has 0 bridgehead atoms. The van der Waals surface area contributed by atoms with Crippen LogP contribution in [0.3, 0.4) is 0 Å². The van der Waals surface area contributed by atoms with Gasteiger partial charge < -0.3 is 20.4 Å². The molecule has 0 saturated carbocycles. The summed E-state index contributed by atoms with van der Waals surface area (Å²) >= 11 is 0.